The van der Waals surface area contributed by atoms with E-state index in [9.17, 15) is 9.59 Å². The van der Waals surface area contributed by atoms with E-state index in [0.717, 1.165) is 29.9 Å². The molecule has 1 aromatic carbocycles. The first-order valence-corrected chi connectivity index (χ1v) is 10.7. The van der Waals surface area contributed by atoms with Crippen LogP contribution in [0.3, 0.4) is 0 Å². The van der Waals surface area contributed by atoms with Crippen molar-refractivity contribution in [3.63, 3.8) is 0 Å². The van der Waals surface area contributed by atoms with Gasteiger partial charge in [-0.15, -0.1) is 0 Å². The van der Waals surface area contributed by atoms with Crippen LogP contribution in [0.5, 0.6) is 11.5 Å². The van der Waals surface area contributed by atoms with E-state index in [1.807, 2.05) is 43.9 Å². The number of piperidine rings is 1. The van der Waals surface area contributed by atoms with Crippen LogP contribution in [0, 0.1) is 5.92 Å². The lowest BCUT2D eigenvalue weighted by atomic mass is 9.95. The van der Waals surface area contributed by atoms with Crippen LogP contribution in [-0.2, 0) is 16.1 Å². The number of ether oxygens (including phenoxy) is 3. The number of likely N-dealkylation sites (tertiary alicyclic amines) is 1. The van der Waals surface area contributed by atoms with Gasteiger partial charge in [-0.25, -0.2) is 4.79 Å². The molecule has 1 aromatic rings. The monoisotopic (exact) mass is 418 g/mol. The molecule has 30 heavy (non-hydrogen) atoms. The van der Waals surface area contributed by atoms with Crippen LogP contribution in [-0.4, -0.2) is 60.8 Å². The van der Waals surface area contributed by atoms with Gasteiger partial charge >= 0.3 is 6.09 Å². The Morgan fingerprint density at radius 3 is 2.27 bits per heavy atom. The van der Waals surface area contributed by atoms with E-state index >= 15 is 0 Å². The predicted molar refractivity (Wildman–Crippen MR) is 114 cm³/mol. The number of hydrogen-bond acceptors (Lipinski definition) is 5. The molecule has 2 fully saturated rings. The van der Waals surface area contributed by atoms with Gasteiger partial charge in [0, 0.05) is 37.2 Å². The molecule has 1 saturated carbocycles. The average molecular weight is 419 g/mol. The van der Waals surface area contributed by atoms with E-state index in [1.165, 1.54) is 0 Å². The Morgan fingerprint density at radius 1 is 1.07 bits per heavy atom. The molecule has 166 valence electrons. The highest BCUT2D eigenvalue weighted by molar-refractivity contribution is 5.80. The van der Waals surface area contributed by atoms with Gasteiger partial charge in [0.05, 0.1) is 14.2 Å². The van der Waals surface area contributed by atoms with Crippen molar-refractivity contribution >= 4 is 12.0 Å². The molecule has 1 aliphatic carbocycles. The second-order valence-electron chi connectivity index (χ2n) is 9.12. The fourth-order valence-corrected chi connectivity index (χ4v) is 3.83. The van der Waals surface area contributed by atoms with Crippen LogP contribution < -0.4 is 9.47 Å². The first-order chi connectivity index (χ1) is 14.2. The number of methoxy groups -OCH3 is 2. The molecule has 0 aromatic heterocycles. The minimum Gasteiger partial charge on any atom is -0.497 e. The molecule has 1 aliphatic heterocycles. The van der Waals surface area contributed by atoms with Crippen molar-refractivity contribution in [3.05, 3.63) is 23.8 Å². The number of hydrogen-bond donors (Lipinski definition) is 0. The van der Waals surface area contributed by atoms with Gasteiger partial charge in [-0.05, 0) is 64.7 Å². The van der Waals surface area contributed by atoms with E-state index in [1.54, 1.807) is 19.1 Å². The van der Waals surface area contributed by atoms with Gasteiger partial charge in [0.2, 0.25) is 5.91 Å². The molecule has 0 spiro atoms. The Morgan fingerprint density at radius 2 is 1.73 bits per heavy atom. The van der Waals surface area contributed by atoms with E-state index in [-0.39, 0.29) is 24.0 Å². The van der Waals surface area contributed by atoms with Gasteiger partial charge in [-0.2, -0.15) is 0 Å². The summed E-state index contributed by atoms with van der Waals surface area (Å²) in [6.07, 6.45) is 3.10. The molecule has 1 saturated heterocycles. The lowest BCUT2D eigenvalue weighted by Gasteiger charge is -2.35. The van der Waals surface area contributed by atoms with Crippen LogP contribution in [0.25, 0.3) is 0 Å². The largest absolute Gasteiger partial charge is 0.497 e. The van der Waals surface area contributed by atoms with Crippen LogP contribution in [0.1, 0.15) is 52.0 Å². The normalized spacial score (nSPS) is 17.4. The highest BCUT2D eigenvalue weighted by Crippen LogP contribution is 2.34. The van der Waals surface area contributed by atoms with Crippen LogP contribution in [0.4, 0.5) is 4.79 Å². The smallest absolute Gasteiger partial charge is 0.410 e. The Kier molecular flexibility index (Phi) is 6.78. The zero-order valence-electron chi connectivity index (χ0n) is 18.8. The van der Waals surface area contributed by atoms with Crippen molar-refractivity contribution in [2.45, 2.75) is 64.6 Å². The molecule has 0 atom stereocenters. The zero-order chi connectivity index (χ0) is 21.9. The predicted octanol–water partition coefficient (Wildman–Crippen LogP) is 3.84. The van der Waals surface area contributed by atoms with Crippen LogP contribution in [0.15, 0.2) is 18.2 Å². The summed E-state index contributed by atoms with van der Waals surface area (Å²) >= 11 is 0. The minimum atomic E-state index is -0.512. The summed E-state index contributed by atoms with van der Waals surface area (Å²) < 4.78 is 16.3. The Balaban J connectivity index is 1.64. The summed E-state index contributed by atoms with van der Waals surface area (Å²) in [5, 5.41) is 0. The second kappa shape index (κ2) is 9.14. The maximum Gasteiger partial charge on any atom is 0.410 e. The quantitative estimate of drug-likeness (QED) is 0.702. The standard InChI is InChI=1S/C23H34N2O5/c1-23(2,3)30-22(27)24-12-10-16(11-13-24)21(26)25(18-6-7-18)15-17-14-19(28-4)8-9-20(17)29-5/h8-9,14,16,18H,6-7,10-13,15H2,1-5H3. The van der Waals surface area contributed by atoms with Gasteiger partial charge in [-0.1, -0.05) is 0 Å². The first-order valence-electron chi connectivity index (χ1n) is 10.7. The summed E-state index contributed by atoms with van der Waals surface area (Å²) in [6.45, 7) is 7.19. The number of amides is 2. The van der Waals surface area contributed by atoms with Gasteiger partial charge in [-0.3, -0.25) is 4.79 Å². The number of carbonyl (C=O) groups excluding carboxylic acids is 2. The van der Waals surface area contributed by atoms with E-state index in [2.05, 4.69) is 0 Å². The van der Waals surface area contributed by atoms with Gasteiger partial charge in [0.15, 0.2) is 0 Å². The fraction of sp³-hybridized carbons (Fsp3) is 0.652. The number of nitrogens with zero attached hydrogens (tertiary/aromatic N) is 2. The van der Waals surface area contributed by atoms with Crippen molar-refractivity contribution in [3.8, 4) is 11.5 Å². The van der Waals surface area contributed by atoms with E-state index < -0.39 is 5.60 Å². The molecule has 2 aliphatic rings. The molecule has 0 N–H and O–H groups in total. The maximum atomic E-state index is 13.4. The molecular formula is C23H34N2O5. The van der Waals surface area contributed by atoms with E-state index in [0.29, 0.717) is 32.5 Å². The van der Waals surface area contributed by atoms with Crippen molar-refractivity contribution in [2.24, 2.45) is 5.92 Å². The topological polar surface area (TPSA) is 68.3 Å². The molecule has 2 amide bonds. The highest BCUT2D eigenvalue weighted by Gasteiger charge is 2.38. The molecular weight excluding hydrogens is 384 g/mol. The third kappa shape index (κ3) is 5.58. The van der Waals surface area contributed by atoms with Crippen molar-refractivity contribution < 1.29 is 23.8 Å². The van der Waals surface area contributed by atoms with Crippen molar-refractivity contribution in [1.29, 1.82) is 0 Å². The SMILES string of the molecule is COc1ccc(OC)c(CN(C(=O)C2CCN(C(=O)OC(C)(C)C)CC2)C2CC2)c1. The van der Waals surface area contributed by atoms with Gasteiger partial charge < -0.3 is 24.0 Å². The minimum absolute atomic E-state index is 0.0686. The van der Waals surface area contributed by atoms with Crippen molar-refractivity contribution in [2.75, 3.05) is 27.3 Å². The third-order valence-corrected chi connectivity index (χ3v) is 5.59. The maximum absolute atomic E-state index is 13.4. The van der Waals surface area contributed by atoms with Gasteiger partial charge in [0.25, 0.3) is 0 Å². The molecule has 0 radical (unpaired) electrons. The first kappa shape index (κ1) is 22.2. The van der Waals surface area contributed by atoms with E-state index in [4.69, 9.17) is 14.2 Å². The summed E-state index contributed by atoms with van der Waals surface area (Å²) in [4.78, 5) is 29.4. The lowest BCUT2D eigenvalue weighted by molar-refractivity contribution is -0.138. The third-order valence-electron chi connectivity index (χ3n) is 5.59. The molecule has 0 unspecified atom stereocenters. The highest BCUT2D eigenvalue weighted by atomic mass is 16.6. The Bertz CT molecular complexity index is 761. The average Bonchev–Trinajstić information content (AvgIpc) is 3.55. The summed E-state index contributed by atoms with van der Waals surface area (Å²) in [7, 11) is 3.27. The Hall–Kier alpha value is -2.44. The zero-order valence-corrected chi connectivity index (χ0v) is 18.8. The van der Waals surface area contributed by atoms with Crippen LogP contribution >= 0.6 is 0 Å². The molecule has 1 heterocycles. The molecule has 3 rings (SSSR count). The second-order valence-corrected chi connectivity index (χ2v) is 9.12. The number of benzene rings is 1. The fourth-order valence-electron chi connectivity index (χ4n) is 3.83. The van der Waals surface area contributed by atoms with Gasteiger partial charge in [0.1, 0.15) is 17.1 Å². The molecule has 7 heteroatoms. The summed E-state index contributed by atoms with van der Waals surface area (Å²) in [5.74, 6) is 1.61. The number of rotatable bonds is 6. The summed E-state index contributed by atoms with van der Waals surface area (Å²) in [5.41, 5.74) is 0.436. The lowest BCUT2D eigenvalue weighted by Crippen LogP contribution is -2.46. The Labute approximate surface area is 179 Å². The molecule has 0 bridgehead atoms. The van der Waals surface area contributed by atoms with Crippen LogP contribution in [0.2, 0.25) is 0 Å². The molecule has 7 nitrogen and oxygen atoms in total. The summed E-state index contributed by atoms with van der Waals surface area (Å²) in [6, 6.07) is 5.96. The number of carbonyl (C=O) groups is 2. The van der Waals surface area contributed by atoms with Crippen molar-refractivity contribution in [1.82, 2.24) is 9.80 Å².